The van der Waals surface area contributed by atoms with Crippen LogP contribution in [0.4, 0.5) is 5.69 Å². The quantitative estimate of drug-likeness (QED) is 0.943. The fourth-order valence-electron chi connectivity index (χ4n) is 2.78. The van der Waals surface area contributed by atoms with E-state index in [4.69, 9.17) is 0 Å². The predicted octanol–water partition coefficient (Wildman–Crippen LogP) is 2.78. The van der Waals surface area contributed by atoms with E-state index < -0.39 is 0 Å². The van der Waals surface area contributed by atoms with Gasteiger partial charge in [0.15, 0.2) is 0 Å². The Morgan fingerprint density at radius 2 is 2.09 bits per heavy atom. The van der Waals surface area contributed by atoms with Crippen LogP contribution in [0, 0.1) is 0 Å². The maximum absolute atomic E-state index is 12.1. The molecule has 0 aliphatic carbocycles. The summed E-state index contributed by atoms with van der Waals surface area (Å²) in [5, 5.41) is 2.90. The van der Waals surface area contributed by atoms with Gasteiger partial charge in [-0.25, -0.2) is 0 Å². The Hall–Kier alpha value is -2.36. The molecule has 114 valence electrons. The first-order valence-electron chi connectivity index (χ1n) is 7.83. The third kappa shape index (κ3) is 3.11. The highest BCUT2D eigenvalue weighted by molar-refractivity contribution is 5.94. The Balaban J connectivity index is 1.77. The lowest BCUT2D eigenvalue weighted by atomic mass is 9.99. The first-order chi connectivity index (χ1) is 10.8. The van der Waals surface area contributed by atoms with E-state index in [1.807, 2.05) is 19.2 Å². The standard InChI is InChI=1S/C18H21N3O/c1-2-8-20-18(22)16-10-17(12-19-11-16)21-9-7-14-5-3-4-6-15(14)13-21/h3-6,10-12H,2,7-9,13H2,1H3,(H,20,22). The molecule has 0 bridgehead atoms. The number of carbonyl (C=O) groups is 1. The largest absolute Gasteiger partial charge is 0.366 e. The van der Waals surface area contributed by atoms with Crippen LogP contribution < -0.4 is 10.2 Å². The van der Waals surface area contributed by atoms with E-state index in [2.05, 4.69) is 39.5 Å². The van der Waals surface area contributed by atoms with Gasteiger partial charge < -0.3 is 10.2 Å². The second-order valence-corrected chi connectivity index (χ2v) is 5.63. The van der Waals surface area contributed by atoms with Crippen LogP contribution in [0.25, 0.3) is 0 Å². The van der Waals surface area contributed by atoms with Crippen molar-refractivity contribution in [2.24, 2.45) is 0 Å². The topological polar surface area (TPSA) is 45.2 Å². The second kappa shape index (κ2) is 6.60. The van der Waals surface area contributed by atoms with Crippen molar-refractivity contribution in [2.45, 2.75) is 26.3 Å². The number of nitrogens with one attached hydrogen (secondary N) is 1. The van der Waals surface area contributed by atoms with Gasteiger partial charge in [0.2, 0.25) is 0 Å². The lowest BCUT2D eigenvalue weighted by molar-refractivity contribution is 0.0953. The molecule has 1 aliphatic heterocycles. The summed E-state index contributed by atoms with van der Waals surface area (Å²) >= 11 is 0. The van der Waals surface area contributed by atoms with Gasteiger partial charge in [-0.05, 0) is 30.0 Å². The van der Waals surface area contributed by atoms with Crippen LogP contribution in [0.15, 0.2) is 42.7 Å². The highest BCUT2D eigenvalue weighted by atomic mass is 16.1. The molecule has 0 saturated carbocycles. The molecule has 0 saturated heterocycles. The molecule has 2 aromatic rings. The minimum absolute atomic E-state index is 0.0476. The van der Waals surface area contributed by atoms with Crippen LogP contribution in [0.1, 0.15) is 34.8 Å². The van der Waals surface area contributed by atoms with Crippen molar-refractivity contribution in [3.05, 3.63) is 59.4 Å². The number of carbonyl (C=O) groups excluding carboxylic acids is 1. The first kappa shape index (κ1) is 14.6. The van der Waals surface area contributed by atoms with Crippen LogP contribution in [0.5, 0.6) is 0 Å². The summed E-state index contributed by atoms with van der Waals surface area (Å²) in [7, 11) is 0. The van der Waals surface area contributed by atoms with Crippen molar-refractivity contribution in [3.8, 4) is 0 Å². The molecule has 22 heavy (non-hydrogen) atoms. The van der Waals surface area contributed by atoms with Crippen LogP contribution >= 0.6 is 0 Å². The van der Waals surface area contributed by atoms with E-state index in [9.17, 15) is 4.79 Å². The summed E-state index contributed by atoms with van der Waals surface area (Å²) in [5.41, 5.74) is 4.42. The maximum atomic E-state index is 12.1. The van der Waals surface area contributed by atoms with E-state index in [1.54, 1.807) is 6.20 Å². The molecule has 3 rings (SSSR count). The molecule has 1 aromatic carbocycles. The molecular weight excluding hydrogens is 274 g/mol. The third-order valence-electron chi connectivity index (χ3n) is 4.02. The predicted molar refractivity (Wildman–Crippen MR) is 88.1 cm³/mol. The Morgan fingerprint density at radius 3 is 2.91 bits per heavy atom. The first-order valence-corrected chi connectivity index (χ1v) is 7.83. The zero-order valence-corrected chi connectivity index (χ0v) is 12.9. The van der Waals surface area contributed by atoms with Gasteiger partial charge in [0.05, 0.1) is 17.4 Å². The van der Waals surface area contributed by atoms with Crippen molar-refractivity contribution in [3.63, 3.8) is 0 Å². The van der Waals surface area contributed by atoms with E-state index in [0.29, 0.717) is 12.1 Å². The number of fused-ring (bicyclic) bond motifs is 1. The van der Waals surface area contributed by atoms with Crippen LogP contribution in [-0.4, -0.2) is 24.0 Å². The number of aromatic nitrogens is 1. The summed E-state index contributed by atoms with van der Waals surface area (Å²) in [6.45, 7) is 4.57. The highest BCUT2D eigenvalue weighted by Crippen LogP contribution is 2.24. The number of anilines is 1. The van der Waals surface area contributed by atoms with Gasteiger partial charge in [0.1, 0.15) is 0 Å². The monoisotopic (exact) mass is 295 g/mol. The summed E-state index contributed by atoms with van der Waals surface area (Å²) in [6.07, 6.45) is 5.43. The fourth-order valence-corrected chi connectivity index (χ4v) is 2.78. The lowest BCUT2D eigenvalue weighted by Gasteiger charge is -2.30. The van der Waals surface area contributed by atoms with Gasteiger partial charge in [-0.3, -0.25) is 9.78 Å². The Kier molecular flexibility index (Phi) is 4.37. The summed E-state index contributed by atoms with van der Waals surface area (Å²) in [5.74, 6) is -0.0476. The summed E-state index contributed by atoms with van der Waals surface area (Å²) in [6, 6.07) is 10.5. The van der Waals surface area contributed by atoms with E-state index in [1.165, 1.54) is 11.1 Å². The molecule has 1 amide bonds. The smallest absolute Gasteiger partial charge is 0.252 e. The molecule has 1 aromatic heterocycles. The molecular formula is C18H21N3O. The van der Waals surface area contributed by atoms with Crippen molar-refractivity contribution in [2.75, 3.05) is 18.0 Å². The number of amides is 1. The maximum Gasteiger partial charge on any atom is 0.252 e. The van der Waals surface area contributed by atoms with Crippen LogP contribution in [0.3, 0.4) is 0 Å². The third-order valence-corrected chi connectivity index (χ3v) is 4.02. The molecule has 0 spiro atoms. The number of nitrogens with zero attached hydrogens (tertiary/aromatic N) is 2. The molecule has 0 fully saturated rings. The minimum atomic E-state index is -0.0476. The fraction of sp³-hybridized carbons (Fsp3) is 0.333. The van der Waals surface area contributed by atoms with E-state index in [-0.39, 0.29) is 5.91 Å². The Bertz CT molecular complexity index is 669. The summed E-state index contributed by atoms with van der Waals surface area (Å²) < 4.78 is 0. The zero-order valence-electron chi connectivity index (χ0n) is 12.9. The zero-order chi connectivity index (χ0) is 15.4. The van der Waals surface area contributed by atoms with Crippen LogP contribution in [-0.2, 0) is 13.0 Å². The normalized spacial score (nSPS) is 13.6. The Morgan fingerprint density at radius 1 is 1.27 bits per heavy atom. The minimum Gasteiger partial charge on any atom is -0.366 e. The second-order valence-electron chi connectivity index (χ2n) is 5.63. The summed E-state index contributed by atoms with van der Waals surface area (Å²) in [4.78, 5) is 18.6. The van der Waals surface area contributed by atoms with Gasteiger partial charge in [0, 0.05) is 25.8 Å². The van der Waals surface area contributed by atoms with Crippen molar-refractivity contribution in [1.82, 2.24) is 10.3 Å². The average molecular weight is 295 g/mol. The molecule has 4 nitrogen and oxygen atoms in total. The molecule has 0 radical (unpaired) electrons. The Labute approximate surface area is 131 Å². The van der Waals surface area contributed by atoms with Gasteiger partial charge in [-0.15, -0.1) is 0 Å². The number of pyridine rings is 1. The van der Waals surface area contributed by atoms with E-state index >= 15 is 0 Å². The van der Waals surface area contributed by atoms with Gasteiger partial charge >= 0.3 is 0 Å². The van der Waals surface area contributed by atoms with Gasteiger partial charge in [-0.1, -0.05) is 31.2 Å². The number of benzene rings is 1. The number of rotatable bonds is 4. The highest BCUT2D eigenvalue weighted by Gasteiger charge is 2.17. The SMILES string of the molecule is CCCNC(=O)c1cncc(N2CCc3ccccc3C2)c1. The molecule has 4 heteroatoms. The van der Waals surface area contributed by atoms with E-state index in [0.717, 1.165) is 31.6 Å². The molecule has 2 heterocycles. The van der Waals surface area contributed by atoms with Crippen molar-refractivity contribution >= 4 is 11.6 Å². The molecule has 0 unspecified atom stereocenters. The van der Waals surface area contributed by atoms with Gasteiger partial charge in [-0.2, -0.15) is 0 Å². The van der Waals surface area contributed by atoms with Crippen LogP contribution in [0.2, 0.25) is 0 Å². The number of hydrogen-bond donors (Lipinski definition) is 1. The average Bonchev–Trinajstić information content (AvgIpc) is 2.59. The lowest BCUT2D eigenvalue weighted by Crippen LogP contribution is -2.31. The number of hydrogen-bond acceptors (Lipinski definition) is 3. The molecule has 1 aliphatic rings. The van der Waals surface area contributed by atoms with Crippen molar-refractivity contribution < 1.29 is 4.79 Å². The van der Waals surface area contributed by atoms with Crippen molar-refractivity contribution in [1.29, 1.82) is 0 Å². The molecule has 0 atom stereocenters. The molecule has 1 N–H and O–H groups in total. The van der Waals surface area contributed by atoms with Gasteiger partial charge in [0.25, 0.3) is 5.91 Å².